The summed E-state index contributed by atoms with van der Waals surface area (Å²) < 4.78 is 282. The fraction of sp³-hybridized carbons (Fsp3) is 0.125. The van der Waals surface area contributed by atoms with Crippen molar-refractivity contribution in [3.63, 3.8) is 0 Å². The van der Waals surface area contributed by atoms with Crippen LogP contribution in [0.5, 0.6) is 11.5 Å². The second kappa shape index (κ2) is 21.2. The van der Waals surface area contributed by atoms with Crippen LogP contribution in [-0.4, -0.2) is 72.0 Å². The number of carbonyl (C=O) groups is 8. The highest BCUT2D eigenvalue weighted by Gasteiger charge is 2.74. The fourth-order valence-corrected chi connectivity index (χ4v) is 12.1. The summed E-state index contributed by atoms with van der Waals surface area (Å²) >= 11 is 0. The highest BCUT2D eigenvalue weighted by molar-refractivity contribution is 6.36. The maximum Gasteiger partial charge on any atom is 0.417 e. The van der Waals surface area contributed by atoms with E-state index in [1.54, 1.807) is 35.6 Å². The molecule has 0 aliphatic carbocycles. The maximum absolute atomic E-state index is 15.7. The highest BCUT2D eigenvalue weighted by Crippen LogP contribution is 2.59. The Labute approximate surface area is 517 Å². The number of nitrogens with one attached hydrogen (secondary N) is 1. The van der Waals surface area contributed by atoms with Crippen LogP contribution in [0.1, 0.15) is 116 Å². The maximum atomic E-state index is 15.7. The van der Waals surface area contributed by atoms with E-state index < -0.39 is 196 Å². The number of imide groups is 4. The summed E-state index contributed by atoms with van der Waals surface area (Å²) in [5.41, 5.74) is -35.0. The van der Waals surface area contributed by atoms with Gasteiger partial charge in [-0.1, -0.05) is 54.6 Å². The zero-order chi connectivity index (χ0) is 69.0. The fourth-order valence-electron chi connectivity index (χ4n) is 12.1. The summed E-state index contributed by atoms with van der Waals surface area (Å²) in [6, 6.07) is 16.8. The van der Waals surface area contributed by atoms with E-state index in [0.717, 1.165) is 0 Å². The van der Waals surface area contributed by atoms with Gasteiger partial charge in [-0.15, -0.1) is 0 Å². The Morgan fingerprint density at radius 1 is 0.274 bits per heavy atom. The van der Waals surface area contributed by atoms with Crippen LogP contribution in [0.15, 0.2) is 164 Å². The largest absolute Gasteiger partial charge is 0.457 e. The lowest BCUT2D eigenvalue weighted by Crippen LogP contribution is -2.55. The van der Waals surface area contributed by atoms with Gasteiger partial charge < -0.3 is 4.74 Å². The number of benzene rings is 8. The first-order valence-corrected chi connectivity index (χ1v) is 26.9. The number of hydrogen-bond acceptors (Lipinski definition) is 9. The van der Waals surface area contributed by atoms with Crippen molar-refractivity contribution < 1.29 is 122 Å². The predicted octanol–water partition coefficient (Wildman–Crippen LogP) is 15.3. The molecule has 0 bridgehead atoms. The first-order chi connectivity index (χ1) is 44.2. The van der Waals surface area contributed by atoms with Crippen molar-refractivity contribution in [2.24, 2.45) is 0 Å². The first-order valence-electron chi connectivity index (χ1n) is 26.9. The van der Waals surface area contributed by atoms with Crippen LogP contribution >= 0.6 is 0 Å². The van der Waals surface area contributed by atoms with Crippen molar-refractivity contribution in [2.45, 2.75) is 47.9 Å². The normalized spacial score (nSPS) is 15.5. The Bertz CT molecular complexity index is 4700. The van der Waals surface area contributed by atoms with E-state index in [4.69, 9.17) is 4.74 Å². The Balaban J connectivity index is 0.870. The molecule has 1 N–H and O–H groups in total. The van der Waals surface area contributed by atoms with E-state index in [-0.39, 0.29) is 94.0 Å². The number of carbonyl (C=O) groups excluding carboxylic acids is 8. The van der Waals surface area contributed by atoms with Crippen molar-refractivity contribution in [3.8, 4) is 22.6 Å². The minimum atomic E-state index is -6.48. The van der Waals surface area contributed by atoms with Crippen molar-refractivity contribution in [2.75, 3.05) is 14.7 Å². The second-order valence-electron chi connectivity index (χ2n) is 21.5. The van der Waals surface area contributed by atoms with Gasteiger partial charge in [0.05, 0.1) is 72.7 Å². The molecule has 4 heterocycles. The van der Waals surface area contributed by atoms with Crippen molar-refractivity contribution >= 4 is 64.3 Å². The molecule has 95 heavy (non-hydrogen) atoms. The molecule has 0 saturated carbocycles. The Morgan fingerprint density at radius 3 is 0.905 bits per heavy atom. The zero-order valence-corrected chi connectivity index (χ0v) is 46.4. The topological polar surface area (TPSA) is 168 Å². The van der Waals surface area contributed by atoms with Gasteiger partial charge in [0.25, 0.3) is 47.3 Å². The third-order valence-corrected chi connectivity index (χ3v) is 16.3. The van der Waals surface area contributed by atoms with E-state index in [1.807, 2.05) is 0 Å². The molecule has 4 aliphatic heterocycles. The first kappa shape index (κ1) is 64.0. The summed E-state index contributed by atoms with van der Waals surface area (Å²) in [7, 11) is 0. The number of fused-ring (bicyclic) bond motifs is 4. The molecule has 13 nitrogen and oxygen atoms in total. The van der Waals surface area contributed by atoms with Crippen molar-refractivity contribution in [3.05, 3.63) is 242 Å². The molecule has 31 heteroatoms. The van der Waals surface area contributed by atoms with E-state index in [0.29, 0.717) is 47.0 Å². The lowest BCUT2D eigenvalue weighted by molar-refractivity contribution is -0.290. The van der Waals surface area contributed by atoms with Gasteiger partial charge in [0.2, 0.25) is 10.8 Å². The average Bonchev–Trinajstić information content (AvgIpc) is 1.65. The van der Waals surface area contributed by atoms with Gasteiger partial charge in [0, 0.05) is 0 Å². The predicted molar refractivity (Wildman–Crippen MR) is 292 cm³/mol. The van der Waals surface area contributed by atoms with Crippen LogP contribution < -0.4 is 24.8 Å². The van der Waals surface area contributed by atoms with E-state index >= 15 is 79.0 Å². The van der Waals surface area contributed by atoms with E-state index in [1.165, 1.54) is 24.3 Å². The Hall–Kier alpha value is -11.1. The molecule has 0 unspecified atom stereocenters. The SMILES string of the molecule is O=C1NC(=O)c2cc(C(c3ccc4c(c3)C(=O)N(c3ccc(-c5ccc(N6C(=O)c7ccc(C(c8ccc9c(c8)C(=O)N(c8ccc(Oc%10ccccc%10)cc8)C9=O)(C(F)(F)F)C(F)(F)F)cc7C6=O)cc5C(F)(F)F)c(C(F)(F)F)c3)C4=O)(C(F)(F)F)C(F)(F)F)ccc21. The molecule has 0 saturated heterocycles. The monoisotopic (exact) mass is 1340 g/mol. The summed E-state index contributed by atoms with van der Waals surface area (Å²) in [5.74, 6) is -11.6. The van der Waals surface area contributed by atoms with Gasteiger partial charge >= 0.3 is 37.1 Å². The van der Waals surface area contributed by atoms with Crippen LogP contribution in [0.25, 0.3) is 11.1 Å². The minimum absolute atomic E-state index is 0.0356. The molecule has 0 radical (unpaired) electrons. The highest BCUT2D eigenvalue weighted by atomic mass is 19.4. The molecular formula is C64H28F18N4O9. The van der Waals surface area contributed by atoms with Gasteiger partial charge in [-0.3, -0.25) is 43.7 Å². The quantitative estimate of drug-likeness (QED) is 0.103. The minimum Gasteiger partial charge on any atom is -0.457 e. The van der Waals surface area contributed by atoms with Crippen molar-refractivity contribution in [1.82, 2.24) is 5.32 Å². The number of alkyl halides is 18. The molecule has 4 aliphatic rings. The van der Waals surface area contributed by atoms with Crippen LogP contribution in [-0.2, 0) is 23.2 Å². The van der Waals surface area contributed by atoms with Crippen LogP contribution in [0.4, 0.5) is 96.1 Å². The summed E-state index contributed by atoms with van der Waals surface area (Å²) in [5, 5.41) is 1.69. The lowest BCUT2D eigenvalue weighted by atomic mass is 9.71. The number of ether oxygens (including phenoxy) is 1. The van der Waals surface area contributed by atoms with Crippen molar-refractivity contribution in [1.29, 1.82) is 0 Å². The molecule has 0 spiro atoms. The molecule has 0 aromatic heterocycles. The molecule has 0 atom stereocenters. The number of para-hydroxylation sites is 1. The average molecular weight is 1340 g/mol. The standard InChI is InChI=1S/C64H28F18N4O9/c65-59(66,67)47-26-33(85-52(90)41-18-8-29(24-45(41)55(85)93)57(61(71,72)73,62(74,75)76)28-6-16-39-43(22-28)50(88)83-49(39)87)12-20-37(47)38-21-13-34(27-48(38)60(68,69)70)86-53(91)42-19-9-31(25-46(42)56(86)94)58(63(77,78)79,64(80,81)82)30-7-17-40-44(23-30)54(92)84(51(40)89)32-10-14-36(15-11-32)95-35-4-2-1-3-5-35/h1-27H,(H,83,87,88). The Morgan fingerprint density at radius 2 is 0.558 bits per heavy atom. The van der Waals surface area contributed by atoms with Crippen LogP contribution in [0, 0.1) is 0 Å². The molecular weight excluding hydrogens is 1310 g/mol. The molecule has 8 aromatic carbocycles. The number of rotatable bonds is 10. The van der Waals surface area contributed by atoms with Crippen LogP contribution in [0.2, 0.25) is 0 Å². The van der Waals surface area contributed by atoms with Crippen LogP contribution in [0.3, 0.4) is 0 Å². The van der Waals surface area contributed by atoms with E-state index in [2.05, 4.69) is 0 Å². The number of amides is 8. The zero-order valence-electron chi connectivity index (χ0n) is 46.4. The molecule has 8 amide bonds. The third-order valence-electron chi connectivity index (χ3n) is 16.3. The second-order valence-corrected chi connectivity index (χ2v) is 21.5. The smallest absolute Gasteiger partial charge is 0.417 e. The number of anilines is 3. The lowest BCUT2D eigenvalue weighted by Gasteiger charge is -2.38. The number of hydrogen-bond donors (Lipinski definition) is 1. The van der Waals surface area contributed by atoms with Gasteiger partial charge in [-0.2, -0.15) is 79.0 Å². The number of nitrogens with zero attached hydrogens (tertiary/aromatic N) is 3. The number of halogens is 18. The van der Waals surface area contributed by atoms with E-state index in [9.17, 15) is 38.4 Å². The molecule has 0 fully saturated rings. The summed E-state index contributed by atoms with van der Waals surface area (Å²) in [6.45, 7) is 0. The van der Waals surface area contributed by atoms with Gasteiger partial charge in [-0.05, 0) is 143 Å². The molecule has 12 rings (SSSR count). The van der Waals surface area contributed by atoms with Gasteiger partial charge in [0.15, 0.2) is 0 Å². The molecule has 8 aromatic rings. The Kier molecular flexibility index (Phi) is 14.3. The third kappa shape index (κ3) is 9.66. The van der Waals surface area contributed by atoms with Gasteiger partial charge in [0.1, 0.15) is 11.5 Å². The summed E-state index contributed by atoms with van der Waals surface area (Å²) in [4.78, 5) is 108. The summed E-state index contributed by atoms with van der Waals surface area (Å²) in [6.07, 6.45) is -37.4. The van der Waals surface area contributed by atoms with Gasteiger partial charge in [-0.25, -0.2) is 14.7 Å². The molecule has 484 valence electrons.